The van der Waals surface area contributed by atoms with Crippen molar-refractivity contribution in [1.29, 1.82) is 5.41 Å². The molecule has 1 aromatic carbocycles. The summed E-state index contributed by atoms with van der Waals surface area (Å²) >= 11 is 1.69. The molecule has 1 aliphatic rings. The van der Waals surface area contributed by atoms with E-state index in [-0.39, 0.29) is 17.5 Å². The zero-order valence-corrected chi connectivity index (χ0v) is 14.2. The van der Waals surface area contributed by atoms with Gasteiger partial charge in [-0.3, -0.25) is 15.2 Å². The lowest BCUT2D eigenvalue weighted by Crippen LogP contribution is -2.23. The molecule has 0 saturated heterocycles. The van der Waals surface area contributed by atoms with Crippen LogP contribution in [0.3, 0.4) is 0 Å². The first-order valence-electron chi connectivity index (χ1n) is 7.21. The van der Waals surface area contributed by atoms with Gasteiger partial charge in [-0.05, 0) is 24.6 Å². The minimum atomic E-state index is -0.291. The number of ether oxygens (including phenoxy) is 1. The zero-order valence-electron chi connectivity index (χ0n) is 13.4. The lowest BCUT2D eigenvalue weighted by molar-refractivity contribution is -0.110. The Morgan fingerprint density at radius 1 is 1.43 bits per heavy atom. The molecule has 0 aliphatic carbocycles. The standard InChI is InChI=1S/C16H20N4O2S/c1-10(16(17)11(2)21)20-18-8-15-19-14(9-23-15)12-4-6-13(22-3)7-5-12/h4-7,14,17-18H,8-9H2,1-3H3/b17-16?,20-10-. The van der Waals surface area contributed by atoms with Crippen molar-refractivity contribution < 1.29 is 9.53 Å². The van der Waals surface area contributed by atoms with Gasteiger partial charge in [-0.1, -0.05) is 12.1 Å². The van der Waals surface area contributed by atoms with E-state index < -0.39 is 0 Å². The van der Waals surface area contributed by atoms with Crippen molar-refractivity contribution in [2.24, 2.45) is 10.1 Å². The second-order valence-corrected chi connectivity index (χ2v) is 6.18. The first kappa shape index (κ1) is 17.2. The van der Waals surface area contributed by atoms with Gasteiger partial charge in [-0.15, -0.1) is 11.8 Å². The largest absolute Gasteiger partial charge is 0.497 e. The Kier molecular flexibility index (Phi) is 5.92. The number of benzene rings is 1. The van der Waals surface area contributed by atoms with E-state index in [1.807, 2.05) is 24.3 Å². The van der Waals surface area contributed by atoms with Crippen molar-refractivity contribution in [2.75, 3.05) is 19.4 Å². The molecule has 2 rings (SSSR count). The SMILES string of the molecule is COc1ccc(C2CSC(CN/N=C(/C)C(=N)C(C)=O)=N2)cc1. The number of ketones is 1. The quantitative estimate of drug-likeness (QED) is 0.593. The Morgan fingerprint density at radius 3 is 2.74 bits per heavy atom. The summed E-state index contributed by atoms with van der Waals surface area (Å²) in [6.07, 6.45) is 0. The maximum absolute atomic E-state index is 11.1. The van der Waals surface area contributed by atoms with Gasteiger partial charge in [0.25, 0.3) is 0 Å². The highest BCUT2D eigenvalue weighted by molar-refractivity contribution is 8.14. The molecule has 0 spiro atoms. The highest BCUT2D eigenvalue weighted by Crippen LogP contribution is 2.30. The minimum Gasteiger partial charge on any atom is -0.497 e. The topological polar surface area (TPSA) is 86.9 Å². The van der Waals surface area contributed by atoms with Crippen LogP contribution in [0, 0.1) is 5.41 Å². The molecule has 0 amide bonds. The van der Waals surface area contributed by atoms with Crippen LogP contribution in [-0.4, -0.2) is 41.7 Å². The van der Waals surface area contributed by atoms with Gasteiger partial charge in [-0.2, -0.15) is 5.10 Å². The van der Waals surface area contributed by atoms with Gasteiger partial charge < -0.3 is 10.2 Å². The summed E-state index contributed by atoms with van der Waals surface area (Å²) in [6.45, 7) is 3.50. The third-order valence-electron chi connectivity index (χ3n) is 3.40. The number of nitrogens with one attached hydrogen (secondary N) is 2. The number of methoxy groups -OCH3 is 1. The highest BCUT2D eigenvalue weighted by atomic mass is 32.2. The summed E-state index contributed by atoms with van der Waals surface area (Å²) in [7, 11) is 1.65. The number of hydrogen-bond donors (Lipinski definition) is 2. The Balaban J connectivity index is 1.91. The number of aliphatic imine (C=N–C) groups is 1. The maximum atomic E-state index is 11.1. The number of hydrogen-bond acceptors (Lipinski definition) is 7. The molecular formula is C16H20N4O2S. The molecule has 2 N–H and O–H groups in total. The molecule has 0 radical (unpaired) electrons. The van der Waals surface area contributed by atoms with E-state index in [1.165, 1.54) is 6.92 Å². The van der Waals surface area contributed by atoms with Crippen molar-refractivity contribution in [3.63, 3.8) is 0 Å². The Labute approximate surface area is 139 Å². The molecule has 122 valence electrons. The van der Waals surface area contributed by atoms with Crippen molar-refractivity contribution in [3.8, 4) is 5.75 Å². The van der Waals surface area contributed by atoms with E-state index in [0.29, 0.717) is 12.3 Å². The molecule has 7 heteroatoms. The number of nitrogens with zero attached hydrogens (tertiary/aromatic N) is 2. The summed E-state index contributed by atoms with van der Waals surface area (Å²) in [5, 5.41) is 12.6. The first-order chi connectivity index (χ1) is 11.0. The van der Waals surface area contributed by atoms with E-state index in [1.54, 1.807) is 25.8 Å². The average molecular weight is 332 g/mol. The first-order valence-corrected chi connectivity index (χ1v) is 8.20. The lowest BCUT2D eigenvalue weighted by atomic mass is 10.1. The predicted molar refractivity (Wildman–Crippen MR) is 95.1 cm³/mol. The zero-order chi connectivity index (χ0) is 16.8. The van der Waals surface area contributed by atoms with Crippen molar-refractivity contribution >= 4 is 34.0 Å². The highest BCUT2D eigenvalue weighted by Gasteiger charge is 2.19. The summed E-state index contributed by atoms with van der Waals surface area (Å²) in [6, 6.07) is 8.07. The van der Waals surface area contributed by atoms with Crippen LogP contribution in [0.2, 0.25) is 0 Å². The molecule has 1 heterocycles. The van der Waals surface area contributed by atoms with Crippen molar-refractivity contribution in [3.05, 3.63) is 29.8 Å². The van der Waals surface area contributed by atoms with Crippen LogP contribution in [-0.2, 0) is 4.79 Å². The van der Waals surface area contributed by atoms with E-state index in [2.05, 4.69) is 15.5 Å². The van der Waals surface area contributed by atoms with E-state index in [0.717, 1.165) is 22.1 Å². The molecule has 23 heavy (non-hydrogen) atoms. The van der Waals surface area contributed by atoms with Gasteiger partial charge in [0.15, 0.2) is 5.78 Å². The Morgan fingerprint density at radius 2 is 2.13 bits per heavy atom. The molecule has 0 fully saturated rings. The Hall–Kier alpha value is -2.15. The molecule has 6 nitrogen and oxygen atoms in total. The van der Waals surface area contributed by atoms with Gasteiger partial charge in [0.05, 0.1) is 30.5 Å². The van der Waals surface area contributed by atoms with Gasteiger partial charge in [0.2, 0.25) is 0 Å². The van der Waals surface area contributed by atoms with E-state index in [4.69, 9.17) is 10.1 Å². The monoisotopic (exact) mass is 332 g/mol. The molecular weight excluding hydrogens is 312 g/mol. The summed E-state index contributed by atoms with van der Waals surface area (Å²) < 4.78 is 5.16. The molecule has 1 aromatic rings. The normalized spacial score (nSPS) is 17.6. The van der Waals surface area contributed by atoms with E-state index >= 15 is 0 Å². The van der Waals surface area contributed by atoms with Crippen LogP contribution >= 0.6 is 11.8 Å². The van der Waals surface area contributed by atoms with Crippen LogP contribution in [0.5, 0.6) is 5.75 Å². The molecule has 0 aromatic heterocycles. The number of hydrazone groups is 1. The third-order valence-corrected chi connectivity index (χ3v) is 4.46. The second-order valence-electron chi connectivity index (χ2n) is 5.09. The summed E-state index contributed by atoms with van der Waals surface area (Å²) in [4.78, 5) is 15.8. The minimum absolute atomic E-state index is 0.0744. The van der Waals surface area contributed by atoms with Gasteiger partial charge >= 0.3 is 0 Å². The Bertz CT molecular complexity index is 653. The molecule has 1 aliphatic heterocycles. The summed E-state index contributed by atoms with van der Waals surface area (Å²) in [5.74, 6) is 1.44. The number of carbonyl (C=O) groups excluding carboxylic acids is 1. The van der Waals surface area contributed by atoms with Crippen molar-refractivity contribution in [2.45, 2.75) is 19.9 Å². The summed E-state index contributed by atoms with van der Waals surface area (Å²) in [5.41, 5.74) is 4.34. The molecule has 0 saturated carbocycles. The smallest absolute Gasteiger partial charge is 0.179 e. The van der Waals surface area contributed by atoms with Crippen molar-refractivity contribution in [1.82, 2.24) is 5.43 Å². The van der Waals surface area contributed by atoms with Crippen LogP contribution in [0.15, 0.2) is 34.4 Å². The number of Topliss-reactive ketones (excluding diaryl/α,β-unsaturated/α-hetero) is 1. The van der Waals surface area contributed by atoms with Crippen LogP contribution < -0.4 is 10.2 Å². The molecule has 1 unspecified atom stereocenters. The van der Waals surface area contributed by atoms with Crippen LogP contribution in [0.4, 0.5) is 0 Å². The van der Waals surface area contributed by atoms with Crippen LogP contribution in [0.1, 0.15) is 25.5 Å². The number of carbonyl (C=O) groups is 1. The fraction of sp³-hybridized carbons (Fsp3) is 0.375. The predicted octanol–water partition coefficient (Wildman–Crippen LogP) is 2.46. The van der Waals surface area contributed by atoms with E-state index in [9.17, 15) is 4.79 Å². The number of thioether (sulfide) groups is 1. The number of rotatable bonds is 7. The van der Waals surface area contributed by atoms with Gasteiger partial charge in [0.1, 0.15) is 11.5 Å². The average Bonchev–Trinajstić information content (AvgIpc) is 3.02. The maximum Gasteiger partial charge on any atom is 0.179 e. The van der Waals surface area contributed by atoms with Crippen LogP contribution in [0.25, 0.3) is 0 Å². The second kappa shape index (κ2) is 7.92. The fourth-order valence-corrected chi connectivity index (χ4v) is 3.04. The molecule has 0 bridgehead atoms. The third kappa shape index (κ3) is 4.66. The lowest BCUT2D eigenvalue weighted by Gasteiger charge is -2.07. The van der Waals surface area contributed by atoms with Gasteiger partial charge in [0, 0.05) is 12.7 Å². The van der Waals surface area contributed by atoms with Gasteiger partial charge in [-0.25, -0.2) is 0 Å². The fourth-order valence-electron chi connectivity index (χ4n) is 2.05. The molecule has 1 atom stereocenters.